The summed E-state index contributed by atoms with van der Waals surface area (Å²) < 4.78 is 0. The normalized spacial score (nSPS) is 24.7. The van der Waals surface area contributed by atoms with Crippen LogP contribution in [0.3, 0.4) is 0 Å². The Kier molecular flexibility index (Phi) is 3.82. The van der Waals surface area contributed by atoms with Crippen molar-refractivity contribution in [2.45, 2.75) is 44.7 Å². The van der Waals surface area contributed by atoms with Gasteiger partial charge in [-0.3, -0.25) is 0 Å². The van der Waals surface area contributed by atoms with Gasteiger partial charge in [-0.25, -0.2) is 9.97 Å². The van der Waals surface area contributed by atoms with Gasteiger partial charge in [-0.2, -0.15) is 0 Å². The quantitative estimate of drug-likeness (QED) is 0.866. The fourth-order valence-corrected chi connectivity index (χ4v) is 3.02. The van der Waals surface area contributed by atoms with Crippen LogP contribution >= 0.6 is 0 Å². The van der Waals surface area contributed by atoms with Crippen molar-refractivity contribution in [3.05, 3.63) is 12.4 Å². The van der Waals surface area contributed by atoms with Crippen LogP contribution in [0.25, 0.3) is 0 Å². The minimum atomic E-state index is 0.523. The third kappa shape index (κ3) is 3.15. The van der Waals surface area contributed by atoms with Gasteiger partial charge in [0.25, 0.3) is 0 Å². The molecule has 5 nitrogen and oxygen atoms in total. The molecule has 0 radical (unpaired) electrons. The molecule has 1 saturated carbocycles. The zero-order valence-corrected chi connectivity index (χ0v) is 11.6. The Balaban J connectivity index is 1.68. The van der Waals surface area contributed by atoms with E-state index in [1.54, 1.807) is 6.33 Å². The summed E-state index contributed by atoms with van der Waals surface area (Å²) in [5, 5.41) is 6.99. The summed E-state index contributed by atoms with van der Waals surface area (Å²) in [4.78, 5) is 11.1. The minimum Gasteiger partial charge on any atom is -0.367 e. The zero-order chi connectivity index (χ0) is 13.1. The number of hydrogen-bond donors (Lipinski definition) is 2. The van der Waals surface area contributed by atoms with Crippen molar-refractivity contribution in [2.75, 3.05) is 29.9 Å². The highest BCUT2D eigenvalue weighted by Gasteiger charge is 2.19. The molecule has 1 unspecified atom stereocenters. The van der Waals surface area contributed by atoms with Crippen LogP contribution in [0.5, 0.6) is 0 Å². The van der Waals surface area contributed by atoms with Gasteiger partial charge in [-0.15, -0.1) is 0 Å². The first-order chi connectivity index (χ1) is 9.31. The number of piperazine rings is 1. The Morgan fingerprint density at radius 1 is 1.32 bits per heavy atom. The molecule has 2 N–H and O–H groups in total. The van der Waals surface area contributed by atoms with Crippen LogP contribution < -0.4 is 15.5 Å². The van der Waals surface area contributed by atoms with Crippen molar-refractivity contribution < 1.29 is 0 Å². The molecule has 3 rings (SSSR count). The van der Waals surface area contributed by atoms with Gasteiger partial charge in [0.15, 0.2) is 0 Å². The lowest BCUT2D eigenvalue weighted by Gasteiger charge is -2.32. The number of nitrogens with one attached hydrogen (secondary N) is 2. The Morgan fingerprint density at radius 3 is 2.95 bits per heavy atom. The topological polar surface area (TPSA) is 53.1 Å². The Hall–Kier alpha value is -1.36. The predicted molar refractivity (Wildman–Crippen MR) is 77.6 cm³/mol. The fraction of sp³-hybridized carbons (Fsp3) is 0.714. The summed E-state index contributed by atoms with van der Waals surface area (Å²) in [5.74, 6) is 2.02. The highest BCUT2D eigenvalue weighted by molar-refractivity contribution is 5.49. The Bertz CT molecular complexity index is 416. The summed E-state index contributed by atoms with van der Waals surface area (Å²) in [6.45, 7) is 5.27. The third-order valence-electron chi connectivity index (χ3n) is 4.05. The van der Waals surface area contributed by atoms with Crippen molar-refractivity contribution in [3.63, 3.8) is 0 Å². The molecule has 0 bridgehead atoms. The maximum atomic E-state index is 4.42. The monoisotopic (exact) mass is 261 g/mol. The number of rotatable bonds is 3. The molecule has 104 valence electrons. The van der Waals surface area contributed by atoms with E-state index in [2.05, 4.69) is 38.5 Å². The van der Waals surface area contributed by atoms with Gasteiger partial charge < -0.3 is 15.5 Å². The molecule has 2 fully saturated rings. The lowest BCUT2D eigenvalue weighted by atomic mass is 10.2. The molecule has 1 saturated heterocycles. The van der Waals surface area contributed by atoms with Crippen LogP contribution in [-0.2, 0) is 0 Å². The van der Waals surface area contributed by atoms with E-state index >= 15 is 0 Å². The summed E-state index contributed by atoms with van der Waals surface area (Å²) in [6, 6.07) is 3.22. The van der Waals surface area contributed by atoms with Crippen molar-refractivity contribution in [3.8, 4) is 0 Å². The average Bonchev–Trinajstić information content (AvgIpc) is 2.92. The first-order valence-corrected chi connectivity index (χ1v) is 7.38. The molecule has 1 atom stereocenters. The molecule has 1 aliphatic carbocycles. The Morgan fingerprint density at radius 2 is 2.16 bits per heavy atom. The van der Waals surface area contributed by atoms with Crippen LogP contribution in [0, 0.1) is 0 Å². The zero-order valence-electron chi connectivity index (χ0n) is 11.6. The van der Waals surface area contributed by atoms with E-state index in [1.165, 1.54) is 25.7 Å². The lowest BCUT2D eigenvalue weighted by molar-refractivity contribution is 0.482. The van der Waals surface area contributed by atoms with E-state index in [1.807, 2.05) is 0 Å². The standard InChI is InChI=1S/C14H23N5/c1-11-9-19(7-6-15-11)14-8-13(16-10-17-14)18-12-4-2-3-5-12/h8,10-12,15H,2-7,9H2,1H3,(H,16,17,18). The van der Waals surface area contributed by atoms with E-state index < -0.39 is 0 Å². The maximum Gasteiger partial charge on any atom is 0.134 e. The van der Waals surface area contributed by atoms with Crippen LogP contribution in [0.2, 0.25) is 0 Å². The van der Waals surface area contributed by atoms with Crippen molar-refractivity contribution in [2.24, 2.45) is 0 Å². The van der Waals surface area contributed by atoms with Gasteiger partial charge in [-0.05, 0) is 19.8 Å². The molecule has 0 amide bonds. The summed E-state index contributed by atoms with van der Waals surface area (Å²) >= 11 is 0. The van der Waals surface area contributed by atoms with Gasteiger partial charge in [0, 0.05) is 37.8 Å². The second-order valence-electron chi connectivity index (χ2n) is 5.69. The average molecular weight is 261 g/mol. The summed E-state index contributed by atoms with van der Waals surface area (Å²) in [6.07, 6.45) is 6.89. The number of anilines is 2. The van der Waals surface area contributed by atoms with Gasteiger partial charge in [-0.1, -0.05) is 12.8 Å². The van der Waals surface area contributed by atoms with Crippen LogP contribution in [0.4, 0.5) is 11.6 Å². The van der Waals surface area contributed by atoms with Crippen molar-refractivity contribution in [1.29, 1.82) is 0 Å². The molecule has 19 heavy (non-hydrogen) atoms. The van der Waals surface area contributed by atoms with Gasteiger partial charge >= 0.3 is 0 Å². The highest BCUT2D eigenvalue weighted by Crippen LogP contribution is 2.23. The molecule has 2 heterocycles. The second-order valence-corrected chi connectivity index (χ2v) is 5.69. The summed E-state index contributed by atoms with van der Waals surface area (Å²) in [7, 11) is 0. The highest BCUT2D eigenvalue weighted by atomic mass is 15.2. The van der Waals surface area contributed by atoms with Gasteiger partial charge in [0.1, 0.15) is 18.0 Å². The van der Waals surface area contributed by atoms with E-state index in [-0.39, 0.29) is 0 Å². The van der Waals surface area contributed by atoms with Crippen molar-refractivity contribution >= 4 is 11.6 Å². The number of aromatic nitrogens is 2. The number of nitrogens with zero attached hydrogens (tertiary/aromatic N) is 3. The molecule has 1 aromatic rings. The first kappa shape index (κ1) is 12.7. The number of hydrogen-bond acceptors (Lipinski definition) is 5. The first-order valence-electron chi connectivity index (χ1n) is 7.38. The second kappa shape index (κ2) is 5.74. The molecule has 0 spiro atoms. The maximum absolute atomic E-state index is 4.42. The minimum absolute atomic E-state index is 0.523. The van der Waals surface area contributed by atoms with E-state index in [9.17, 15) is 0 Å². The molecule has 1 aliphatic heterocycles. The van der Waals surface area contributed by atoms with Crippen LogP contribution in [0.1, 0.15) is 32.6 Å². The van der Waals surface area contributed by atoms with E-state index in [0.717, 1.165) is 31.3 Å². The largest absolute Gasteiger partial charge is 0.367 e. The molecular formula is C14H23N5. The van der Waals surface area contributed by atoms with Crippen molar-refractivity contribution in [1.82, 2.24) is 15.3 Å². The van der Waals surface area contributed by atoms with Gasteiger partial charge in [0.05, 0.1) is 0 Å². The van der Waals surface area contributed by atoms with Crippen LogP contribution in [0.15, 0.2) is 12.4 Å². The predicted octanol–water partition coefficient (Wildman–Crippen LogP) is 1.63. The van der Waals surface area contributed by atoms with Crippen LogP contribution in [-0.4, -0.2) is 41.7 Å². The molecule has 0 aromatic carbocycles. The molecular weight excluding hydrogens is 238 g/mol. The lowest BCUT2D eigenvalue weighted by Crippen LogP contribution is -2.49. The third-order valence-corrected chi connectivity index (χ3v) is 4.05. The summed E-state index contributed by atoms with van der Waals surface area (Å²) in [5.41, 5.74) is 0. The molecule has 5 heteroatoms. The SMILES string of the molecule is CC1CN(c2cc(NC3CCCC3)ncn2)CCN1. The van der Waals surface area contributed by atoms with E-state index in [4.69, 9.17) is 0 Å². The smallest absolute Gasteiger partial charge is 0.134 e. The molecule has 2 aliphatic rings. The van der Waals surface area contributed by atoms with E-state index in [0.29, 0.717) is 12.1 Å². The van der Waals surface area contributed by atoms with Gasteiger partial charge in [0.2, 0.25) is 0 Å². The fourth-order valence-electron chi connectivity index (χ4n) is 3.02. The Labute approximate surface area is 114 Å². The molecule has 1 aromatic heterocycles.